The van der Waals surface area contributed by atoms with E-state index in [9.17, 15) is 14.4 Å². The molecule has 1 aromatic rings. The molecular weight excluding hydrogens is 308 g/mol. The predicted octanol–water partition coefficient (Wildman–Crippen LogP) is 0.622. The number of likely N-dealkylation sites (tertiary alicyclic amines) is 1. The molecule has 7 heteroatoms. The molecule has 0 bridgehead atoms. The van der Waals surface area contributed by atoms with E-state index in [1.165, 1.54) is 19.3 Å². The number of hydrogen-bond donors (Lipinski definition) is 0. The van der Waals surface area contributed by atoms with Crippen LogP contribution in [0.4, 0.5) is 0 Å². The number of aromatic nitrogens is 1. The minimum Gasteiger partial charge on any atom is -0.339 e. The molecule has 0 spiro atoms. The van der Waals surface area contributed by atoms with Gasteiger partial charge in [-0.25, -0.2) is 0 Å². The Morgan fingerprint density at radius 2 is 1.25 bits per heavy atom. The van der Waals surface area contributed by atoms with Crippen molar-refractivity contribution < 1.29 is 14.4 Å². The quantitative estimate of drug-likeness (QED) is 0.797. The zero-order chi connectivity index (χ0) is 17.1. The van der Waals surface area contributed by atoms with Gasteiger partial charge < -0.3 is 14.7 Å². The van der Waals surface area contributed by atoms with Crippen molar-refractivity contribution in [3.63, 3.8) is 0 Å². The van der Waals surface area contributed by atoms with Crippen LogP contribution >= 0.6 is 0 Å². The van der Waals surface area contributed by atoms with E-state index in [0.29, 0.717) is 37.3 Å². The van der Waals surface area contributed by atoms with Gasteiger partial charge in [0.15, 0.2) is 0 Å². The fraction of sp³-hybridized carbons (Fsp3) is 0.529. The summed E-state index contributed by atoms with van der Waals surface area (Å²) in [5.74, 6) is -0.167. The molecule has 3 heterocycles. The van der Waals surface area contributed by atoms with E-state index in [-0.39, 0.29) is 17.7 Å². The van der Waals surface area contributed by atoms with Crippen LogP contribution in [0.5, 0.6) is 0 Å². The van der Waals surface area contributed by atoms with Crippen molar-refractivity contribution in [2.45, 2.75) is 19.8 Å². The highest BCUT2D eigenvalue weighted by atomic mass is 16.2. The summed E-state index contributed by atoms with van der Waals surface area (Å²) >= 11 is 0. The van der Waals surface area contributed by atoms with E-state index in [2.05, 4.69) is 4.98 Å². The lowest BCUT2D eigenvalue weighted by molar-refractivity contribution is -0.130. The molecule has 0 saturated carbocycles. The summed E-state index contributed by atoms with van der Waals surface area (Å²) in [6.45, 7) is 5.16. The molecule has 2 aliphatic rings. The Bertz CT molecular complexity index is 647. The Hall–Kier alpha value is -2.44. The summed E-state index contributed by atoms with van der Waals surface area (Å²) in [7, 11) is 0. The van der Waals surface area contributed by atoms with E-state index in [1.54, 1.807) is 20.8 Å². The van der Waals surface area contributed by atoms with E-state index >= 15 is 0 Å². The maximum Gasteiger partial charge on any atom is 0.255 e. The van der Waals surface area contributed by atoms with Crippen molar-refractivity contribution in [1.82, 2.24) is 19.7 Å². The molecular formula is C17H22N4O3. The van der Waals surface area contributed by atoms with Crippen LogP contribution in [0.2, 0.25) is 0 Å². The zero-order valence-electron chi connectivity index (χ0n) is 13.9. The highest BCUT2D eigenvalue weighted by molar-refractivity contribution is 5.99. The first-order valence-corrected chi connectivity index (χ1v) is 8.35. The van der Waals surface area contributed by atoms with Crippen molar-refractivity contribution >= 4 is 17.7 Å². The Kier molecular flexibility index (Phi) is 4.78. The first-order valence-electron chi connectivity index (χ1n) is 8.35. The van der Waals surface area contributed by atoms with Gasteiger partial charge in [0.1, 0.15) is 0 Å². The fourth-order valence-corrected chi connectivity index (χ4v) is 3.18. The monoisotopic (exact) mass is 330 g/mol. The maximum atomic E-state index is 12.6. The minimum absolute atomic E-state index is 0.0296. The van der Waals surface area contributed by atoms with Crippen LogP contribution in [0.3, 0.4) is 0 Å². The molecule has 2 fully saturated rings. The third kappa shape index (κ3) is 3.39. The van der Waals surface area contributed by atoms with Gasteiger partial charge in [-0.15, -0.1) is 0 Å². The van der Waals surface area contributed by atoms with Gasteiger partial charge in [0.2, 0.25) is 5.91 Å². The van der Waals surface area contributed by atoms with E-state index in [0.717, 1.165) is 25.9 Å². The molecule has 3 rings (SSSR count). The summed E-state index contributed by atoms with van der Waals surface area (Å²) in [4.78, 5) is 45.7. The van der Waals surface area contributed by atoms with Gasteiger partial charge in [0, 0.05) is 58.6 Å². The van der Waals surface area contributed by atoms with Crippen LogP contribution in [0.15, 0.2) is 18.5 Å². The number of piperazine rings is 1. The number of carbonyl (C=O) groups excluding carboxylic acids is 3. The second-order valence-electron chi connectivity index (χ2n) is 6.26. The maximum absolute atomic E-state index is 12.6. The zero-order valence-corrected chi connectivity index (χ0v) is 13.9. The summed E-state index contributed by atoms with van der Waals surface area (Å²) < 4.78 is 0. The number of hydrogen-bond acceptors (Lipinski definition) is 4. The molecule has 24 heavy (non-hydrogen) atoms. The van der Waals surface area contributed by atoms with E-state index in [1.807, 2.05) is 0 Å². The van der Waals surface area contributed by atoms with Gasteiger partial charge in [0.25, 0.3) is 11.8 Å². The van der Waals surface area contributed by atoms with Crippen molar-refractivity contribution in [3.8, 4) is 0 Å². The first kappa shape index (κ1) is 16.4. The van der Waals surface area contributed by atoms with Crippen molar-refractivity contribution in [3.05, 3.63) is 29.6 Å². The Balaban J connectivity index is 1.68. The fourth-order valence-electron chi connectivity index (χ4n) is 3.18. The van der Waals surface area contributed by atoms with Crippen LogP contribution < -0.4 is 0 Å². The van der Waals surface area contributed by atoms with Crippen LogP contribution in [-0.2, 0) is 4.79 Å². The van der Waals surface area contributed by atoms with Crippen molar-refractivity contribution in [2.24, 2.45) is 0 Å². The standard InChI is InChI=1S/C17H22N4O3/c1-13(22)19-6-8-21(9-7-19)17(24)15-10-14(11-18-12-15)16(23)20-4-2-3-5-20/h10-12H,2-9H2,1H3. The van der Waals surface area contributed by atoms with Crippen molar-refractivity contribution in [1.29, 1.82) is 0 Å². The summed E-state index contributed by atoms with van der Waals surface area (Å²) in [5.41, 5.74) is 0.890. The lowest BCUT2D eigenvalue weighted by Gasteiger charge is -2.34. The molecule has 0 N–H and O–H groups in total. The molecule has 0 aliphatic carbocycles. The average molecular weight is 330 g/mol. The van der Waals surface area contributed by atoms with Gasteiger partial charge in [-0.3, -0.25) is 19.4 Å². The predicted molar refractivity (Wildman–Crippen MR) is 87.5 cm³/mol. The average Bonchev–Trinajstić information content (AvgIpc) is 3.15. The molecule has 2 aliphatic heterocycles. The molecule has 2 saturated heterocycles. The second-order valence-corrected chi connectivity index (χ2v) is 6.26. The number of amides is 3. The minimum atomic E-state index is -0.137. The Morgan fingerprint density at radius 1 is 0.792 bits per heavy atom. The lowest BCUT2D eigenvalue weighted by Crippen LogP contribution is -2.50. The summed E-state index contributed by atoms with van der Waals surface area (Å²) in [5, 5.41) is 0. The van der Waals surface area contributed by atoms with E-state index in [4.69, 9.17) is 0 Å². The summed E-state index contributed by atoms with van der Waals surface area (Å²) in [6, 6.07) is 1.63. The highest BCUT2D eigenvalue weighted by Gasteiger charge is 2.25. The summed E-state index contributed by atoms with van der Waals surface area (Å²) in [6.07, 6.45) is 5.07. The Labute approximate surface area is 141 Å². The normalized spacial score (nSPS) is 18.0. The molecule has 128 valence electrons. The van der Waals surface area contributed by atoms with Crippen LogP contribution in [-0.4, -0.2) is 76.7 Å². The number of nitrogens with zero attached hydrogens (tertiary/aromatic N) is 4. The van der Waals surface area contributed by atoms with Crippen LogP contribution in [0.1, 0.15) is 40.5 Å². The number of pyridine rings is 1. The molecule has 0 unspecified atom stereocenters. The van der Waals surface area contributed by atoms with Gasteiger partial charge >= 0.3 is 0 Å². The van der Waals surface area contributed by atoms with Crippen LogP contribution in [0, 0.1) is 0 Å². The Morgan fingerprint density at radius 3 is 1.75 bits per heavy atom. The third-order valence-electron chi connectivity index (χ3n) is 4.64. The molecule has 7 nitrogen and oxygen atoms in total. The molecule has 1 aromatic heterocycles. The third-order valence-corrected chi connectivity index (χ3v) is 4.64. The van der Waals surface area contributed by atoms with Crippen LogP contribution in [0.25, 0.3) is 0 Å². The van der Waals surface area contributed by atoms with Gasteiger partial charge in [0.05, 0.1) is 11.1 Å². The van der Waals surface area contributed by atoms with Gasteiger partial charge in [-0.1, -0.05) is 0 Å². The smallest absolute Gasteiger partial charge is 0.255 e. The first-order chi connectivity index (χ1) is 11.6. The second kappa shape index (κ2) is 6.98. The van der Waals surface area contributed by atoms with Gasteiger partial charge in [-0.2, -0.15) is 0 Å². The topological polar surface area (TPSA) is 73.8 Å². The highest BCUT2D eigenvalue weighted by Crippen LogP contribution is 2.15. The SMILES string of the molecule is CC(=O)N1CCN(C(=O)c2cncc(C(=O)N3CCCC3)c2)CC1. The van der Waals surface area contributed by atoms with Crippen molar-refractivity contribution in [2.75, 3.05) is 39.3 Å². The lowest BCUT2D eigenvalue weighted by atomic mass is 10.1. The largest absolute Gasteiger partial charge is 0.339 e. The molecule has 0 radical (unpaired) electrons. The number of carbonyl (C=O) groups is 3. The molecule has 3 amide bonds. The number of rotatable bonds is 2. The molecule has 0 atom stereocenters. The van der Waals surface area contributed by atoms with E-state index < -0.39 is 0 Å². The molecule has 0 aromatic carbocycles. The van der Waals surface area contributed by atoms with Gasteiger partial charge in [-0.05, 0) is 18.9 Å².